The van der Waals surface area contributed by atoms with E-state index >= 15 is 0 Å². The lowest BCUT2D eigenvalue weighted by Crippen LogP contribution is -2.52. The molecule has 116 valence electrons. The van der Waals surface area contributed by atoms with E-state index < -0.39 is 0 Å². The van der Waals surface area contributed by atoms with Gasteiger partial charge < -0.3 is 9.64 Å². The fraction of sp³-hybridized carbons (Fsp3) is 0.867. The second-order valence-electron chi connectivity index (χ2n) is 5.49. The number of ether oxygens (including phenoxy) is 1. The Bertz CT molecular complexity index is 333. The molecule has 0 bridgehead atoms. The Hall–Kier alpha value is -1.10. The molecule has 0 aromatic heterocycles. The Morgan fingerprint density at radius 2 is 2.05 bits per heavy atom. The van der Waals surface area contributed by atoms with E-state index in [2.05, 4.69) is 6.92 Å². The van der Waals surface area contributed by atoms with Gasteiger partial charge in [-0.15, -0.1) is 0 Å². The number of esters is 1. The summed E-state index contributed by atoms with van der Waals surface area (Å²) in [5.74, 6) is -0.149. The molecule has 0 aromatic carbocycles. The summed E-state index contributed by atoms with van der Waals surface area (Å²) >= 11 is 0. The molecule has 20 heavy (non-hydrogen) atoms. The van der Waals surface area contributed by atoms with E-state index in [1.54, 1.807) is 18.9 Å². The Kier molecular flexibility index (Phi) is 6.99. The summed E-state index contributed by atoms with van der Waals surface area (Å²) in [5, 5.41) is 0. The summed E-state index contributed by atoms with van der Waals surface area (Å²) in [6.07, 6.45) is 4.38. The first-order chi connectivity index (χ1) is 9.51. The van der Waals surface area contributed by atoms with Crippen molar-refractivity contribution >= 4 is 11.9 Å². The van der Waals surface area contributed by atoms with E-state index in [9.17, 15) is 9.59 Å². The highest BCUT2D eigenvalue weighted by Gasteiger charge is 2.30. The summed E-state index contributed by atoms with van der Waals surface area (Å²) in [7, 11) is 1.80. The van der Waals surface area contributed by atoms with Gasteiger partial charge in [-0.05, 0) is 46.6 Å². The maximum absolute atomic E-state index is 12.6. The van der Waals surface area contributed by atoms with Gasteiger partial charge in [0.2, 0.25) is 5.91 Å². The van der Waals surface area contributed by atoms with Crippen LogP contribution in [0.1, 0.15) is 46.5 Å². The maximum atomic E-state index is 12.6. The van der Waals surface area contributed by atoms with Crippen LogP contribution in [0.3, 0.4) is 0 Å². The van der Waals surface area contributed by atoms with Crippen LogP contribution in [0.2, 0.25) is 0 Å². The molecule has 1 aliphatic heterocycles. The Morgan fingerprint density at radius 3 is 2.65 bits per heavy atom. The van der Waals surface area contributed by atoms with Crippen LogP contribution in [0.25, 0.3) is 0 Å². The van der Waals surface area contributed by atoms with Gasteiger partial charge >= 0.3 is 5.97 Å². The summed E-state index contributed by atoms with van der Waals surface area (Å²) < 4.78 is 4.92. The standard InChI is InChI=1S/C15H28N2O3/c1-5-13-9-7-8-10-17(13)15(19)12(3)16(4)11-14(18)20-6-2/h12-13H,5-11H2,1-4H3. The fourth-order valence-electron chi connectivity index (χ4n) is 2.69. The van der Waals surface area contributed by atoms with Crippen molar-refractivity contribution in [3.63, 3.8) is 0 Å². The zero-order valence-electron chi connectivity index (χ0n) is 13.2. The second-order valence-corrected chi connectivity index (χ2v) is 5.49. The second kappa shape index (κ2) is 8.25. The lowest BCUT2D eigenvalue weighted by Gasteiger charge is -2.38. The first-order valence-electron chi connectivity index (χ1n) is 7.67. The third-order valence-electron chi connectivity index (χ3n) is 4.08. The summed E-state index contributed by atoms with van der Waals surface area (Å²) in [6, 6.07) is 0.0706. The Labute approximate surface area is 122 Å². The van der Waals surface area contributed by atoms with Gasteiger partial charge in [-0.25, -0.2) is 0 Å². The SMILES string of the molecule is CCOC(=O)CN(C)C(C)C(=O)N1CCCCC1CC. The number of hydrogen-bond acceptors (Lipinski definition) is 4. The number of carbonyl (C=O) groups is 2. The van der Waals surface area contributed by atoms with Crippen LogP contribution in [0.15, 0.2) is 0 Å². The minimum Gasteiger partial charge on any atom is -0.465 e. The molecule has 5 nitrogen and oxygen atoms in total. The van der Waals surface area contributed by atoms with Crippen molar-refractivity contribution in [2.24, 2.45) is 0 Å². The van der Waals surface area contributed by atoms with E-state index in [1.165, 1.54) is 6.42 Å². The number of nitrogens with zero attached hydrogens (tertiary/aromatic N) is 2. The molecule has 0 spiro atoms. The van der Waals surface area contributed by atoms with E-state index in [0.29, 0.717) is 12.6 Å². The summed E-state index contributed by atoms with van der Waals surface area (Å²) in [4.78, 5) is 27.8. The predicted octanol–water partition coefficient (Wildman–Crippen LogP) is 1.66. The van der Waals surface area contributed by atoms with Crippen molar-refractivity contribution in [3.8, 4) is 0 Å². The van der Waals surface area contributed by atoms with Gasteiger partial charge in [0, 0.05) is 12.6 Å². The third-order valence-corrected chi connectivity index (χ3v) is 4.08. The van der Waals surface area contributed by atoms with E-state index in [0.717, 1.165) is 25.8 Å². The Balaban J connectivity index is 2.58. The minimum atomic E-state index is -0.286. The van der Waals surface area contributed by atoms with Gasteiger partial charge in [-0.2, -0.15) is 0 Å². The quantitative estimate of drug-likeness (QED) is 0.696. The number of carbonyl (C=O) groups excluding carboxylic acids is 2. The molecule has 0 aromatic rings. The molecule has 0 aliphatic carbocycles. The van der Waals surface area contributed by atoms with Gasteiger partial charge in [-0.3, -0.25) is 14.5 Å². The molecule has 5 heteroatoms. The van der Waals surface area contributed by atoms with E-state index in [-0.39, 0.29) is 24.5 Å². The molecular weight excluding hydrogens is 256 g/mol. The maximum Gasteiger partial charge on any atom is 0.320 e. The smallest absolute Gasteiger partial charge is 0.320 e. The molecule has 0 saturated carbocycles. The highest BCUT2D eigenvalue weighted by molar-refractivity contribution is 5.82. The zero-order valence-corrected chi connectivity index (χ0v) is 13.2. The molecule has 2 unspecified atom stereocenters. The van der Waals surface area contributed by atoms with E-state index in [4.69, 9.17) is 4.74 Å². The van der Waals surface area contributed by atoms with Crippen molar-refractivity contribution in [1.29, 1.82) is 0 Å². The normalized spacial score (nSPS) is 20.9. The molecule has 1 amide bonds. The number of likely N-dealkylation sites (tertiary alicyclic amines) is 1. The van der Waals surface area contributed by atoms with Gasteiger partial charge in [0.05, 0.1) is 19.2 Å². The van der Waals surface area contributed by atoms with Crippen LogP contribution in [0, 0.1) is 0 Å². The molecule has 1 fully saturated rings. The molecule has 2 atom stereocenters. The van der Waals surface area contributed by atoms with Crippen LogP contribution < -0.4 is 0 Å². The van der Waals surface area contributed by atoms with Crippen molar-refractivity contribution in [1.82, 2.24) is 9.80 Å². The predicted molar refractivity (Wildman–Crippen MR) is 78.4 cm³/mol. The lowest BCUT2D eigenvalue weighted by molar-refractivity contribution is -0.147. The average Bonchev–Trinajstić information content (AvgIpc) is 2.45. The average molecular weight is 284 g/mol. The monoisotopic (exact) mass is 284 g/mol. The number of hydrogen-bond donors (Lipinski definition) is 0. The van der Waals surface area contributed by atoms with Gasteiger partial charge in [0.25, 0.3) is 0 Å². The van der Waals surface area contributed by atoms with Crippen LogP contribution in [0.4, 0.5) is 0 Å². The topological polar surface area (TPSA) is 49.9 Å². The van der Waals surface area contributed by atoms with Gasteiger partial charge in [0.1, 0.15) is 0 Å². The van der Waals surface area contributed by atoms with Crippen LogP contribution in [-0.4, -0.2) is 60.5 Å². The van der Waals surface area contributed by atoms with Crippen molar-refractivity contribution in [2.75, 3.05) is 26.7 Å². The molecule has 1 rings (SSSR count). The lowest BCUT2D eigenvalue weighted by atomic mass is 9.99. The van der Waals surface area contributed by atoms with E-state index in [1.807, 2.05) is 11.8 Å². The third kappa shape index (κ3) is 4.47. The number of amides is 1. The molecule has 1 heterocycles. The van der Waals surface area contributed by atoms with Crippen molar-refractivity contribution in [3.05, 3.63) is 0 Å². The van der Waals surface area contributed by atoms with Crippen LogP contribution in [0.5, 0.6) is 0 Å². The highest BCUT2D eigenvalue weighted by atomic mass is 16.5. The van der Waals surface area contributed by atoms with Crippen LogP contribution >= 0.6 is 0 Å². The zero-order chi connectivity index (χ0) is 15.1. The number of piperidine rings is 1. The van der Waals surface area contributed by atoms with Crippen LogP contribution in [-0.2, 0) is 14.3 Å². The van der Waals surface area contributed by atoms with Gasteiger partial charge in [0.15, 0.2) is 0 Å². The first kappa shape index (κ1) is 17.0. The largest absolute Gasteiger partial charge is 0.465 e. The summed E-state index contributed by atoms with van der Waals surface area (Å²) in [5.41, 5.74) is 0. The van der Waals surface area contributed by atoms with Gasteiger partial charge in [-0.1, -0.05) is 6.92 Å². The number of likely N-dealkylation sites (N-methyl/N-ethyl adjacent to an activating group) is 1. The summed E-state index contributed by atoms with van der Waals surface area (Å²) in [6.45, 7) is 7.15. The molecule has 1 aliphatic rings. The van der Waals surface area contributed by atoms with Crippen molar-refractivity contribution in [2.45, 2.75) is 58.5 Å². The molecular formula is C15H28N2O3. The van der Waals surface area contributed by atoms with Crippen molar-refractivity contribution < 1.29 is 14.3 Å². The highest BCUT2D eigenvalue weighted by Crippen LogP contribution is 2.21. The molecule has 0 N–H and O–H groups in total. The first-order valence-corrected chi connectivity index (χ1v) is 7.67. The Morgan fingerprint density at radius 1 is 1.35 bits per heavy atom. The molecule has 0 radical (unpaired) electrons. The molecule has 1 saturated heterocycles. The fourth-order valence-corrected chi connectivity index (χ4v) is 2.69. The number of rotatable bonds is 6. The minimum absolute atomic E-state index is 0.128.